The zero-order valence-electron chi connectivity index (χ0n) is 26.6. The summed E-state index contributed by atoms with van der Waals surface area (Å²) in [5, 5.41) is 10.3. The maximum absolute atomic E-state index is 13.4. The van der Waals surface area contributed by atoms with Gasteiger partial charge in [0.25, 0.3) is 0 Å². The molecule has 4 amide bonds. The third kappa shape index (κ3) is 14.0. The topological polar surface area (TPSA) is 197 Å². The van der Waals surface area contributed by atoms with Crippen molar-refractivity contribution in [3.63, 3.8) is 0 Å². The number of hydrogen-bond donors (Lipinski definition) is 4. The van der Waals surface area contributed by atoms with Gasteiger partial charge in [-0.2, -0.15) is 0 Å². The molecule has 1 aliphatic rings. The van der Waals surface area contributed by atoms with Crippen LogP contribution in [0.5, 0.6) is 0 Å². The Bertz CT molecular complexity index is 1270. The molecule has 47 heavy (non-hydrogen) atoms. The number of carbonyl (C=O) groups excluding carboxylic acids is 6. The zero-order chi connectivity index (χ0) is 35.5. The first-order valence-electron chi connectivity index (χ1n) is 14.3. The van der Waals surface area contributed by atoms with Crippen molar-refractivity contribution in [3.8, 4) is 0 Å². The lowest BCUT2D eigenvalue weighted by Crippen LogP contribution is -2.70. The van der Waals surface area contributed by atoms with E-state index in [1.165, 1.54) is 0 Å². The van der Waals surface area contributed by atoms with Gasteiger partial charge in [-0.05, 0) is 11.0 Å². The van der Waals surface area contributed by atoms with Gasteiger partial charge >= 0.3 is 30.0 Å². The van der Waals surface area contributed by atoms with Crippen LogP contribution in [-0.4, -0.2) is 89.6 Å². The van der Waals surface area contributed by atoms with Crippen LogP contribution in [0.25, 0.3) is 0 Å². The normalized spacial score (nSPS) is 21.7. The average molecular weight is 726 g/mol. The van der Waals surface area contributed by atoms with E-state index in [0.717, 1.165) is 26.3 Å². The third-order valence-corrected chi connectivity index (χ3v) is 6.71. The second-order valence-electron chi connectivity index (χ2n) is 11.5. The molecule has 1 aliphatic heterocycles. The van der Waals surface area contributed by atoms with Crippen molar-refractivity contribution in [1.82, 2.24) is 21.3 Å². The molecule has 6 unspecified atom stereocenters. The number of halogens is 3. The van der Waals surface area contributed by atoms with Gasteiger partial charge in [-0.15, -0.1) is 0 Å². The fourth-order valence-electron chi connectivity index (χ4n) is 4.41. The quantitative estimate of drug-likeness (QED) is 0.149. The van der Waals surface area contributed by atoms with Crippen LogP contribution in [0, 0.1) is 5.41 Å². The van der Waals surface area contributed by atoms with Crippen LogP contribution in [0.3, 0.4) is 0 Å². The smallest absolute Gasteiger partial charge is 0.407 e. The Labute approximate surface area is 286 Å². The highest BCUT2D eigenvalue weighted by molar-refractivity contribution is 6.67. The van der Waals surface area contributed by atoms with Crippen molar-refractivity contribution in [2.24, 2.45) is 5.41 Å². The fraction of sp³-hybridized carbons (Fsp3) is 0.586. The minimum absolute atomic E-state index is 0.197. The summed E-state index contributed by atoms with van der Waals surface area (Å²) in [6.45, 7) is 7.44. The monoisotopic (exact) mass is 724 g/mol. The molecule has 4 N–H and O–H groups in total. The maximum atomic E-state index is 13.4. The van der Waals surface area contributed by atoms with Crippen molar-refractivity contribution in [2.45, 2.75) is 88.5 Å². The lowest BCUT2D eigenvalue weighted by Gasteiger charge is -2.45. The molecule has 18 heteroatoms. The molecule has 0 aromatic heterocycles. The van der Waals surface area contributed by atoms with Crippen LogP contribution in [0.15, 0.2) is 30.3 Å². The van der Waals surface area contributed by atoms with E-state index < -0.39 is 95.0 Å². The molecule has 1 aromatic rings. The highest BCUT2D eigenvalue weighted by atomic mass is 35.6. The predicted molar refractivity (Wildman–Crippen MR) is 168 cm³/mol. The number of amides is 4. The molecule has 6 atom stereocenters. The van der Waals surface area contributed by atoms with Crippen molar-refractivity contribution >= 4 is 70.7 Å². The molecular weight excluding hydrogens is 687 g/mol. The van der Waals surface area contributed by atoms with Gasteiger partial charge in [-0.1, -0.05) is 85.9 Å². The van der Waals surface area contributed by atoms with Crippen LogP contribution >= 0.6 is 34.8 Å². The van der Waals surface area contributed by atoms with Gasteiger partial charge in [-0.25, -0.2) is 9.59 Å². The number of nitrogens with one attached hydrogen (secondary N) is 4. The Morgan fingerprint density at radius 3 is 1.98 bits per heavy atom. The van der Waals surface area contributed by atoms with Gasteiger partial charge in [0.1, 0.15) is 31.4 Å². The summed E-state index contributed by atoms with van der Waals surface area (Å²) in [6, 6.07) is 5.60. The second kappa shape index (κ2) is 17.6. The predicted octanol–water partition coefficient (Wildman–Crippen LogP) is 2.63. The number of esters is 3. The first-order chi connectivity index (χ1) is 21.8. The molecule has 2 rings (SSSR count). The van der Waals surface area contributed by atoms with E-state index in [0.29, 0.717) is 0 Å². The molecule has 1 saturated heterocycles. The van der Waals surface area contributed by atoms with E-state index in [4.69, 9.17) is 58.5 Å². The second-order valence-corrected chi connectivity index (χ2v) is 14.0. The number of urea groups is 1. The van der Waals surface area contributed by atoms with E-state index in [1.54, 1.807) is 20.8 Å². The minimum Gasteiger partial charge on any atom is -0.463 e. The molecule has 1 aromatic carbocycles. The lowest BCUT2D eigenvalue weighted by molar-refractivity contribution is -0.225. The first-order valence-corrected chi connectivity index (χ1v) is 15.4. The third-order valence-electron chi connectivity index (χ3n) is 6.38. The standard InChI is InChI=1S/C29H39Cl3N4O11/c1-15(37)43-13-19-21(45-16(2)38)22(46-17(3)39)20(34-27(42)44-14-29(30,31)32)25(47-19)36-26(41)35-23(28(4,5)6)24(40)33-12-18-10-8-7-9-11-18/h7-11,19-23,25H,12-14H2,1-6H3,(H,33,40)(H,34,42)(H2,35,36,41). The van der Waals surface area contributed by atoms with Crippen LogP contribution in [0.2, 0.25) is 0 Å². The van der Waals surface area contributed by atoms with E-state index in [9.17, 15) is 28.8 Å². The highest BCUT2D eigenvalue weighted by Crippen LogP contribution is 2.28. The summed E-state index contributed by atoms with van der Waals surface area (Å²) in [7, 11) is 0. The Kier molecular flexibility index (Phi) is 14.8. The van der Waals surface area contributed by atoms with Gasteiger partial charge in [-0.3, -0.25) is 19.2 Å². The van der Waals surface area contributed by atoms with E-state index >= 15 is 0 Å². The van der Waals surface area contributed by atoms with Crippen LogP contribution in [-0.2, 0) is 49.4 Å². The molecule has 0 aliphatic carbocycles. The Morgan fingerprint density at radius 2 is 1.45 bits per heavy atom. The summed E-state index contributed by atoms with van der Waals surface area (Å²) < 4.78 is 24.8. The van der Waals surface area contributed by atoms with Crippen molar-refractivity contribution in [3.05, 3.63) is 35.9 Å². The highest BCUT2D eigenvalue weighted by Gasteiger charge is 2.52. The lowest BCUT2D eigenvalue weighted by atomic mass is 9.86. The van der Waals surface area contributed by atoms with Gasteiger partial charge in [0.05, 0.1) is 0 Å². The van der Waals surface area contributed by atoms with Crippen molar-refractivity contribution in [1.29, 1.82) is 0 Å². The fourth-order valence-corrected chi connectivity index (χ4v) is 4.57. The van der Waals surface area contributed by atoms with Gasteiger partial charge in [0.15, 0.2) is 18.4 Å². The maximum Gasteiger partial charge on any atom is 0.407 e. The zero-order valence-corrected chi connectivity index (χ0v) is 28.9. The number of benzene rings is 1. The number of rotatable bonds is 11. The number of alkyl halides is 3. The Hall–Kier alpha value is -3.53. The summed E-state index contributed by atoms with van der Waals surface area (Å²) in [5.41, 5.74) is 0.0460. The summed E-state index contributed by atoms with van der Waals surface area (Å²) >= 11 is 17.0. The van der Waals surface area contributed by atoms with E-state index in [1.807, 2.05) is 30.3 Å². The molecule has 0 spiro atoms. The molecule has 262 valence electrons. The molecule has 0 radical (unpaired) electrons. The van der Waals surface area contributed by atoms with E-state index in [-0.39, 0.29) is 6.54 Å². The number of carbonyl (C=O) groups is 6. The van der Waals surface area contributed by atoms with Crippen molar-refractivity contribution < 1.29 is 52.5 Å². The molecular formula is C29H39Cl3N4O11. The van der Waals surface area contributed by atoms with Crippen LogP contribution < -0.4 is 21.3 Å². The minimum atomic E-state index is -1.98. The largest absolute Gasteiger partial charge is 0.463 e. The molecule has 0 saturated carbocycles. The summed E-state index contributed by atoms with van der Waals surface area (Å²) in [5.74, 6) is -2.91. The van der Waals surface area contributed by atoms with Crippen molar-refractivity contribution in [2.75, 3.05) is 13.2 Å². The Morgan fingerprint density at radius 1 is 0.851 bits per heavy atom. The average Bonchev–Trinajstić information content (AvgIpc) is 2.94. The van der Waals surface area contributed by atoms with Gasteiger partial charge in [0, 0.05) is 27.3 Å². The molecule has 1 fully saturated rings. The molecule has 15 nitrogen and oxygen atoms in total. The number of ether oxygens (including phenoxy) is 5. The van der Waals surface area contributed by atoms with Gasteiger partial charge < -0.3 is 45.0 Å². The number of hydrogen-bond acceptors (Lipinski definition) is 11. The Balaban J connectivity index is 2.41. The number of alkyl carbamates (subject to hydrolysis) is 1. The summed E-state index contributed by atoms with van der Waals surface area (Å²) in [4.78, 5) is 75.3. The van der Waals surface area contributed by atoms with E-state index in [2.05, 4.69) is 21.3 Å². The molecule has 0 bridgehead atoms. The summed E-state index contributed by atoms with van der Waals surface area (Å²) in [6.07, 6.45) is -7.08. The first kappa shape index (κ1) is 39.6. The SMILES string of the molecule is CC(=O)OCC1OC(NC(=O)NC(C(=O)NCc2ccccc2)C(C)(C)C)C(NC(=O)OCC(Cl)(Cl)Cl)C(OC(C)=O)C1OC(C)=O. The van der Waals surface area contributed by atoms with Crippen LogP contribution in [0.4, 0.5) is 9.59 Å². The van der Waals surface area contributed by atoms with Crippen LogP contribution in [0.1, 0.15) is 47.1 Å². The molecule has 1 heterocycles. The van der Waals surface area contributed by atoms with Gasteiger partial charge in [0.2, 0.25) is 9.70 Å².